The minimum atomic E-state index is -0.618. The van der Waals surface area contributed by atoms with E-state index < -0.39 is 5.60 Å². The lowest BCUT2D eigenvalue weighted by molar-refractivity contribution is 0.0376. The molecule has 0 bridgehead atoms. The third-order valence-corrected chi connectivity index (χ3v) is 3.68. The molecule has 2 nitrogen and oxygen atoms in total. The van der Waals surface area contributed by atoms with Crippen molar-refractivity contribution in [2.45, 2.75) is 71.1 Å². The molecule has 0 amide bonds. The monoisotopic (exact) mass is 199 g/mol. The fourth-order valence-corrected chi connectivity index (χ4v) is 2.19. The van der Waals surface area contributed by atoms with E-state index in [0.29, 0.717) is 6.04 Å². The summed E-state index contributed by atoms with van der Waals surface area (Å²) in [5.41, 5.74) is -0.618. The number of hydrogen-bond acceptors (Lipinski definition) is 2. The Kier molecular flexibility index (Phi) is 3.96. The fourth-order valence-electron chi connectivity index (χ4n) is 2.19. The predicted octanol–water partition coefficient (Wildman–Crippen LogP) is 2.31. The smallest absolute Gasteiger partial charge is 0.0741 e. The maximum atomic E-state index is 9.82. The summed E-state index contributed by atoms with van der Waals surface area (Å²) in [7, 11) is 0. The second kappa shape index (κ2) is 4.63. The Balaban J connectivity index is 2.35. The highest BCUT2D eigenvalue weighted by molar-refractivity contribution is 4.85. The third-order valence-electron chi connectivity index (χ3n) is 3.68. The first-order valence-electron chi connectivity index (χ1n) is 5.89. The SMILES string of the molecule is CC(N[C@@H](C)C1CCCC1)C(C)(C)O. The van der Waals surface area contributed by atoms with Crippen LogP contribution in [0.15, 0.2) is 0 Å². The molecule has 0 aromatic carbocycles. The Morgan fingerprint density at radius 3 is 2.14 bits per heavy atom. The van der Waals surface area contributed by atoms with Gasteiger partial charge in [-0.15, -0.1) is 0 Å². The normalized spacial score (nSPS) is 23.8. The lowest BCUT2D eigenvalue weighted by atomic mass is 9.95. The minimum absolute atomic E-state index is 0.165. The molecule has 2 heteroatoms. The van der Waals surface area contributed by atoms with Crippen molar-refractivity contribution in [3.63, 3.8) is 0 Å². The van der Waals surface area contributed by atoms with E-state index in [2.05, 4.69) is 19.2 Å². The molecule has 84 valence electrons. The number of nitrogens with one attached hydrogen (secondary N) is 1. The molecule has 2 atom stereocenters. The zero-order valence-electron chi connectivity index (χ0n) is 10.0. The second-order valence-corrected chi connectivity index (χ2v) is 5.38. The van der Waals surface area contributed by atoms with Gasteiger partial charge in [0.05, 0.1) is 5.60 Å². The molecule has 0 saturated heterocycles. The molecule has 14 heavy (non-hydrogen) atoms. The summed E-state index contributed by atoms with van der Waals surface area (Å²) >= 11 is 0. The van der Waals surface area contributed by atoms with Gasteiger partial charge in [-0.3, -0.25) is 0 Å². The minimum Gasteiger partial charge on any atom is -0.389 e. The standard InChI is InChI=1S/C12H25NO/c1-9(11-7-5-6-8-11)13-10(2)12(3,4)14/h9-11,13-14H,5-8H2,1-4H3/t9-,10?/m0/s1. The Hall–Kier alpha value is -0.0800. The first-order chi connectivity index (χ1) is 6.41. The lowest BCUT2D eigenvalue weighted by Crippen LogP contribution is -2.49. The molecule has 0 aromatic heterocycles. The maximum absolute atomic E-state index is 9.82. The quantitative estimate of drug-likeness (QED) is 0.728. The average Bonchev–Trinajstić information content (AvgIpc) is 2.53. The van der Waals surface area contributed by atoms with Gasteiger partial charge in [0.1, 0.15) is 0 Å². The van der Waals surface area contributed by atoms with E-state index in [4.69, 9.17) is 0 Å². The van der Waals surface area contributed by atoms with Crippen LogP contribution in [0.5, 0.6) is 0 Å². The molecule has 2 N–H and O–H groups in total. The number of hydrogen-bond donors (Lipinski definition) is 2. The Labute approximate surface area is 88.1 Å². The van der Waals surface area contributed by atoms with Gasteiger partial charge < -0.3 is 10.4 Å². The first kappa shape index (κ1) is 12.0. The van der Waals surface area contributed by atoms with Gasteiger partial charge in [0.25, 0.3) is 0 Å². The molecule has 1 fully saturated rings. The van der Waals surface area contributed by atoms with Crippen LogP contribution in [0.4, 0.5) is 0 Å². The fraction of sp³-hybridized carbons (Fsp3) is 1.00. The highest BCUT2D eigenvalue weighted by Gasteiger charge is 2.27. The van der Waals surface area contributed by atoms with Crippen molar-refractivity contribution in [1.82, 2.24) is 5.32 Å². The van der Waals surface area contributed by atoms with E-state index in [-0.39, 0.29) is 6.04 Å². The molecule has 1 aliphatic rings. The third kappa shape index (κ3) is 3.25. The van der Waals surface area contributed by atoms with E-state index in [1.807, 2.05) is 13.8 Å². The molecule has 0 aliphatic heterocycles. The average molecular weight is 199 g/mol. The molecule has 1 saturated carbocycles. The number of aliphatic hydroxyl groups is 1. The van der Waals surface area contributed by atoms with E-state index in [0.717, 1.165) is 5.92 Å². The highest BCUT2D eigenvalue weighted by atomic mass is 16.3. The van der Waals surface area contributed by atoms with Crippen molar-refractivity contribution in [2.24, 2.45) is 5.92 Å². The zero-order valence-corrected chi connectivity index (χ0v) is 10.0. The van der Waals surface area contributed by atoms with E-state index >= 15 is 0 Å². The molecule has 0 spiro atoms. The van der Waals surface area contributed by atoms with E-state index in [9.17, 15) is 5.11 Å². The first-order valence-corrected chi connectivity index (χ1v) is 5.89. The molecule has 0 heterocycles. The molecule has 1 rings (SSSR count). The van der Waals surface area contributed by atoms with Gasteiger partial charge >= 0.3 is 0 Å². The van der Waals surface area contributed by atoms with Gasteiger partial charge in [-0.05, 0) is 46.5 Å². The van der Waals surface area contributed by atoms with Crippen LogP contribution in [0.1, 0.15) is 53.4 Å². The topological polar surface area (TPSA) is 32.3 Å². The Bertz CT molecular complexity index is 168. The van der Waals surface area contributed by atoms with Crippen LogP contribution in [0.25, 0.3) is 0 Å². The summed E-state index contributed by atoms with van der Waals surface area (Å²) in [6.07, 6.45) is 5.47. The molecule has 1 unspecified atom stereocenters. The van der Waals surface area contributed by atoms with Gasteiger partial charge in [0, 0.05) is 12.1 Å². The lowest BCUT2D eigenvalue weighted by Gasteiger charge is -2.32. The predicted molar refractivity (Wildman–Crippen MR) is 60.3 cm³/mol. The van der Waals surface area contributed by atoms with Crippen LogP contribution >= 0.6 is 0 Å². The van der Waals surface area contributed by atoms with Crippen LogP contribution in [0.3, 0.4) is 0 Å². The summed E-state index contributed by atoms with van der Waals surface area (Å²) in [4.78, 5) is 0. The molecule has 0 radical (unpaired) electrons. The van der Waals surface area contributed by atoms with Crippen molar-refractivity contribution >= 4 is 0 Å². The second-order valence-electron chi connectivity index (χ2n) is 5.38. The van der Waals surface area contributed by atoms with Gasteiger partial charge in [-0.2, -0.15) is 0 Å². The van der Waals surface area contributed by atoms with Crippen LogP contribution in [-0.4, -0.2) is 22.8 Å². The van der Waals surface area contributed by atoms with Crippen molar-refractivity contribution < 1.29 is 5.11 Å². The number of rotatable bonds is 4. The van der Waals surface area contributed by atoms with E-state index in [1.165, 1.54) is 25.7 Å². The van der Waals surface area contributed by atoms with Crippen molar-refractivity contribution in [1.29, 1.82) is 0 Å². The summed E-state index contributed by atoms with van der Waals surface area (Å²) in [6.45, 7) is 8.04. The van der Waals surface area contributed by atoms with Crippen LogP contribution in [0.2, 0.25) is 0 Å². The van der Waals surface area contributed by atoms with Crippen LogP contribution in [0, 0.1) is 5.92 Å². The highest BCUT2D eigenvalue weighted by Crippen LogP contribution is 2.28. The van der Waals surface area contributed by atoms with Gasteiger partial charge in [-0.25, -0.2) is 0 Å². The summed E-state index contributed by atoms with van der Waals surface area (Å²) in [5, 5.41) is 13.3. The molecule has 0 aromatic rings. The van der Waals surface area contributed by atoms with Crippen LogP contribution < -0.4 is 5.32 Å². The van der Waals surface area contributed by atoms with Crippen molar-refractivity contribution in [2.75, 3.05) is 0 Å². The van der Waals surface area contributed by atoms with Gasteiger partial charge in [0.2, 0.25) is 0 Å². The Morgan fingerprint density at radius 1 is 1.21 bits per heavy atom. The maximum Gasteiger partial charge on any atom is 0.0741 e. The summed E-state index contributed by atoms with van der Waals surface area (Å²) < 4.78 is 0. The van der Waals surface area contributed by atoms with Crippen LogP contribution in [-0.2, 0) is 0 Å². The molecular weight excluding hydrogens is 174 g/mol. The summed E-state index contributed by atoms with van der Waals surface area (Å²) in [5.74, 6) is 0.819. The van der Waals surface area contributed by atoms with Gasteiger partial charge in [-0.1, -0.05) is 12.8 Å². The molecule has 1 aliphatic carbocycles. The van der Waals surface area contributed by atoms with E-state index in [1.54, 1.807) is 0 Å². The van der Waals surface area contributed by atoms with Crippen molar-refractivity contribution in [3.05, 3.63) is 0 Å². The molecular formula is C12H25NO. The Morgan fingerprint density at radius 2 is 1.71 bits per heavy atom. The van der Waals surface area contributed by atoms with Gasteiger partial charge in [0.15, 0.2) is 0 Å². The largest absolute Gasteiger partial charge is 0.389 e. The summed E-state index contributed by atoms with van der Waals surface area (Å²) in [6, 6.07) is 0.706. The zero-order chi connectivity index (χ0) is 10.8. The van der Waals surface area contributed by atoms with Crippen molar-refractivity contribution in [3.8, 4) is 0 Å².